The summed E-state index contributed by atoms with van der Waals surface area (Å²) in [6, 6.07) is 71.3. The van der Waals surface area contributed by atoms with Gasteiger partial charge < -0.3 is 0 Å². The van der Waals surface area contributed by atoms with E-state index in [4.69, 9.17) is 0 Å². The van der Waals surface area contributed by atoms with E-state index in [2.05, 4.69) is 194 Å². The van der Waals surface area contributed by atoms with Crippen LogP contribution in [0.1, 0.15) is 0 Å². The lowest BCUT2D eigenvalue weighted by atomic mass is 9.84. The Hall–Kier alpha value is -6.50. The van der Waals surface area contributed by atoms with Crippen molar-refractivity contribution in [1.29, 1.82) is 0 Å². The molecule has 10 aromatic carbocycles. The summed E-state index contributed by atoms with van der Waals surface area (Å²) in [5, 5.41) is 12.7. The molecule has 0 spiro atoms. The van der Waals surface area contributed by atoms with Gasteiger partial charge in [0.15, 0.2) is 0 Å². The summed E-state index contributed by atoms with van der Waals surface area (Å²) in [6.07, 6.45) is 0. The van der Waals surface area contributed by atoms with E-state index in [0.29, 0.717) is 0 Å². The Morgan fingerprint density at radius 3 is 1.36 bits per heavy atom. The van der Waals surface area contributed by atoms with Crippen molar-refractivity contribution in [1.82, 2.24) is 0 Å². The van der Waals surface area contributed by atoms with E-state index in [1.165, 1.54) is 98.4 Å². The highest BCUT2D eigenvalue weighted by Gasteiger charge is 2.18. The van der Waals surface area contributed by atoms with E-state index in [0.717, 1.165) is 0 Å². The Bertz CT molecular complexity index is 2830. The third-order valence-electron chi connectivity index (χ3n) is 10.4. The topological polar surface area (TPSA) is 0 Å². The van der Waals surface area contributed by atoms with Crippen LogP contribution in [0.15, 0.2) is 194 Å². The van der Waals surface area contributed by atoms with Gasteiger partial charge in [-0.1, -0.05) is 182 Å². The molecule has 0 heteroatoms. The normalized spacial score (nSPS) is 11.6. The maximum Gasteiger partial charge on any atom is -0.00261 e. The van der Waals surface area contributed by atoms with Crippen LogP contribution in [0.4, 0.5) is 0 Å². The van der Waals surface area contributed by atoms with Gasteiger partial charge in [-0.3, -0.25) is 0 Å². The third kappa shape index (κ3) is 4.54. The second-order valence-electron chi connectivity index (χ2n) is 13.2. The molecule has 50 heavy (non-hydrogen) atoms. The fourth-order valence-corrected chi connectivity index (χ4v) is 8.15. The lowest BCUT2D eigenvalue weighted by Crippen LogP contribution is -1.91. The van der Waals surface area contributed by atoms with Gasteiger partial charge in [-0.15, -0.1) is 0 Å². The molecule has 0 atom stereocenters. The van der Waals surface area contributed by atoms with Gasteiger partial charge in [0.05, 0.1) is 0 Å². The molecule has 0 N–H and O–H groups in total. The molecular weight excluding hydrogens is 601 g/mol. The first-order valence-corrected chi connectivity index (χ1v) is 17.4. The SMILES string of the molecule is c1ccc(-c2ccc(-c3c4ccccc4c(-c4ccc5cc(-c6cccc7ccccc67)c6ccccc6c5c4)c4ccccc34)cc2)cc1. The smallest absolute Gasteiger partial charge is 0.00261 e. The predicted octanol–water partition coefficient (Wildman–Crippen LogP) is 14.1. The summed E-state index contributed by atoms with van der Waals surface area (Å²) >= 11 is 0. The average molecular weight is 633 g/mol. The van der Waals surface area contributed by atoms with Crippen molar-refractivity contribution in [3.05, 3.63) is 194 Å². The zero-order valence-electron chi connectivity index (χ0n) is 27.5. The van der Waals surface area contributed by atoms with Gasteiger partial charge in [-0.25, -0.2) is 0 Å². The average Bonchev–Trinajstić information content (AvgIpc) is 3.19. The molecule has 232 valence electrons. The Kier molecular flexibility index (Phi) is 6.60. The zero-order chi connectivity index (χ0) is 33.0. The molecule has 10 rings (SSSR count). The van der Waals surface area contributed by atoms with Gasteiger partial charge in [0.25, 0.3) is 0 Å². The minimum absolute atomic E-state index is 1.23. The van der Waals surface area contributed by atoms with Gasteiger partial charge in [0.1, 0.15) is 0 Å². The van der Waals surface area contributed by atoms with E-state index >= 15 is 0 Å². The number of hydrogen-bond donors (Lipinski definition) is 0. The van der Waals surface area contributed by atoms with Crippen LogP contribution in [0, 0.1) is 0 Å². The summed E-state index contributed by atoms with van der Waals surface area (Å²) < 4.78 is 0. The van der Waals surface area contributed by atoms with Crippen LogP contribution >= 0.6 is 0 Å². The van der Waals surface area contributed by atoms with Crippen LogP contribution in [0.25, 0.3) is 98.4 Å². The van der Waals surface area contributed by atoms with Crippen LogP contribution in [-0.4, -0.2) is 0 Å². The molecule has 0 nitrogen and oxygen atoms in total. The molecular formula is C50H32. The fourth-order valence-electron chi connectivity index (χ4n) is 8.15. The first-order valence-electron chi connectivity index (χ1n) is 17.4. The molecule has 0 amide bonds. The number of rotatable bonds is 4. The van der Waals surface area contributed by atoms with E-state index in [-0.39, 0.29) is 0 Å². The maximum atomic E-state index is 2.42. The van der Waals surface area contributed by atoms with E-state index in [1.54, 1.807) is 0 Å². The monoisotopic (exact) mass is 632 g/mol. The molecule has 0 aliphatic carbocycles. The van der Waals surface area contributed by atoms with Gasteiger partial charge in [-0.05, 0) is 111 Å². The summed E-state index contributed by atoms with van der Waals surface area (Å²) in [4.78, 5) is 0. The minimum Gasteiger partial charge on any atom is -0.0622 e. The van der Waals surface area contributed by atoms with Crippen LogP contribution in [0.5, 0.6) is 0 Å². The molecule has 0 aliphatic rings. The molecule has 0 radical (unpaired) electrons. The quantitative estimate of drug-likeness (QED) is 0.134. The van der Waals surface area contributed by atoms with Crippen LogP contribution in [0.2, 0.25) is 0 Å². The summed E-state index contributed by atoms with van der Waals surface area (Å²) in [5.74, 6) is 0. The van der Waals surface area contributed by atoms with Crippen LogP contribution in [-0.2, 0) is 0 Å². The molecule has 0 aromatic heterocycles. The summed E-state index contributed by atoms with van der Waals surface area (Å²) in [6.45, 7) is 0. The second-order valence-corrected chi connectivity index (χ2v) is 13.2. The lowest BCUT2D eigenvalue weighted by Gasteiger charge is -2.19. The summed E-state index contributed by atoms with van der Waals surface area (Å²) in [5.41, 5.74) is 10.0. The van der Waals surface area contributed by atoms with Gasteiger partial charge in [-0.2, -0.15) is 0 Å². The van der Waals surface area contributed by atoms with Crippen molar-refractivity contribution in [3.63, 3.8) is 0 Å². The fraction of sp³-hybridized carbons (Fsp3) is 0. The van der Waals surface area contributed by atoms with Gasteiger partial charge >= 0.3 is 0 Å². The minimum atomic E-state index is 1.23. The first kappa shape index (κ1) is 28.5. The van der Waals surface area contributed by atoms with Crippen molar-refractivity contribution >= 4 is 53.9 Å². The molecule has 0 saturated heterocycles. The maximum absolute atomic E-state index is 2.42. The highest BCUT2D eigenvalue weighted by atomic mass is 14.2. The van der Waals surface area contributed by atoms with Crippen molar-refractivity contribution < 1.29 is 0 Å². The van der Waals surface area contributed by atoms with Gasteiger partial charge in [0, 0.05) is 0 Å². The van der Waals surface area contributed by atoms with Crippen molar-refractivity contribution in [3.8, 4) is 44.5 Å². The van der Waals surface area contributed by atoms with E-state index < -0.39 is 0 Å². The number of fused-ring (bicyclic) bond motifs is 6. The molecule has 0 heterocycles. The molecule has 10 aromatic rings. The Morgan fingerprint density at radius 1 is 0.200 bits per heavy atom. The van der Waals surface area contributed by atoms with Gasteiger partial charge in [0.2, 0.25) is 0 Å². The van der Waals surface area contributed by atoms with E-state index in [9.17, 15) is 0 Å². The zero-order valence-corrected chi connectivity index (χ0v) is 27.5. The van der Waals surface area contributed by atoms with Crippen LogP contribution in [0.3, 0.4) is 0 Å². The standard InChI is InChI=1S/C50H32/c1-2-13-33(14-3-1)34-25-27-36(28-26-34)49-43-20-8-10-22-45(43)50(46-23-11-9-21-44(46)49)38-30-29-37-31-48(42-19-7-6-18-41(42)47(37)32-38)40-24-12-16-35-15-4-5-17-39(35)40/h1-32H. The lowest BCUT2D eigenvalue weighted by molar-refractivity contribution is 1.61. The molecule has 0 unspecified atom stereocenters. The largest absolute Gasteiger partial charge is 0.0622 e. The van der Waals surface area contributed by atoms with Crippen LogP contribution < -0.4 is 0 Å². The molecule has 0 fully saturated rings. The molecule has 0 aliphatic heterocycles. The first-order chi connectivity index (χ1) is 24.8. The predicted molar refractivity (Wildman–Crippen MR) is 216 cm³/mol. The highest BCUT2D eigenvalue weighted by molar-refractivity contribution is 6.23. The molecule has 0 saturated carbocycles. The van der Waals surface area contributed by atoms with Crippen molar-refractivity contribution in [2.45, 2.75) is 0 Å². The van der Waals surface area contributed by atoms with Crippen molar-refractivity contribution in [2.75, 3.05) is 0 Å². The highest BCUT2D eigenvalue weighted by Crippen LogP contribution is 2.45. The Morgan fingerprint density at radius 2 is 0.680 bits per heavy atom. The van der Waals surface area contributed by atoms with Crippen molar-refractivity contribution in [2.24, 2.45) is 0 Å². The third-order valence-corrected chi connectivity index (χ3v) is 10.4. The van der Waals surface area contributed by atoms with E-state index in [1.807, 2.05) is 0 Å². The summed E-state index contributed by atoms with van der Waals surface area (Å²) in [7, 11) is 0. The number of benzene rings is 10. The second kappa shape index (κ2) is 11.6. The number of hydrogen-bond acceptors (Lipinski definition) is 0. The molecule has 0 bridgehead atoms. The Labute approximate surface area is 291 Å². The Balaban J connectivity index is 1.20.